The summed E-state index contributed by atoms with van der Waals surface area (Å²) in [5.41, 5.74) is 3.58. The number of amides is 1. The molecule has 1 heterocycles. The van der Waals surface area contributed by atoms with E-state index in [9.17, 15) is 4.79 Å². The van der Waals surface area contributed by atoms with Crippen molar-refractivity contribution >= 4 is 39.4 Å². The van der Waals surface area contributed by atoms with Crippen LogP contribution in [-0.4, -0.2) is 23.7 Å². The van der Waals surface area contributed by atoms with E-state index >= 15 is 0 Å². The number of para-hydroxylation sites is 1. The molecule has 6 heteroatoms. The molecule has 0 radical (unpaired) electrons. The molecule has 0 spiro atoms. The Kier molecular flexibility index (Phi) is 4.63. The number of hydrogen-bond acceptors (Lipinski definition) is 5. The number of hydrogen-bond donors (Lipinski definition) is 1. The quantitative estimate of drug-likeness (QED) is 0.717. The van der Waals surface area contributed by atoms with Crippen LogP contribution in [0.4, 0.5) is 4.79 Å². The second-order valence-corrected chi connectivity index (χ2v) is 8.28. The molecule has 4 nitrogen and oxygen atoms in total. The summed E-state index contributed by atoms with van der Waals surface area (Å²) in [4.78, 5) is 16.7. The summed E-state index contributed by atoms with van der Waals surface area (Å²) in [6, 6.07) is 16.6. The molecular formula is C19H18N2O2S2. The lowest BCUT2D eigenvalue weighted by Crippen LogP contribution is -2.37. The van der Waals surface area contributed by atoms with E-state index in [1.165, 1.54) is 15.8 Å². The van der Waals surface area contributed by atoms with Crippen LogP contribution < -0.4 is 5.32 Å². The summed E-state index contributed by atoms with van der Waals surface area (Å²) in [7, 11) is 0. The average molecular weight is 370 g/mol. The Morgan fingerprint density at radius 3 is 2.92 bits per heavy atom. The van der Waals surface area contributed by atoms with Crippen molar-refractivity contribution in [1.82, 2.24) is 10.3 Å². The van der Waals surface area contributed by atoms with Crippen molar-refractivity contribution in [3.63, 3.8) is 0 Å². The number of thiazole rings is 1. The van der Waals surface area contributed by atoms with Crippen LogP contribution in [0.1, 0.15) is 23.3 Å². The topological polar surface area (TPSA) is 51.2 Å². The SMILES string of the molecule is CCOC(=O)N[C@H]1Cc2ccccc2[C@@H]1Sc1nc2ccccc2s1. The van der Waals surface area contributed by atoms with E-state index in [1.54, 1.807) is 23.1 Å². The fourth-order valence-corrected chi connectivity index (χ4v) is 5.69. The summed E-state index contributed by atoms with van der Waals surface area (Å²) < 4.78 is 7.29. The lowest BCUT2D eigenvalue weighted by Gasteiger charge is -2.20. The van der Waals surface area contributed by atoms with Crippen molar-refractivity contribution in [1.29, 1.82) is 0 Å². The smallest absolute Gasteiger partial charge is 0.407 e. The van der Waals surface area contributed by atoms with Gasteiger partial charge in [0.1, 0.15) is 0 Å². The monoisotopic (exact) mass is 370 g/mol. The molecule has 0 saturated carbocycles. The van der Waals surface area contributed by atoms with E-state index in [-0.39, 0.29) is 17.4 Å². The lowest BCUT2D eigenvalue weighted by molar-refractivity contribution is 0.148. The molecule has 128 valence electrons. The zero-order valence-electron chi connectivity index (χ0n) is 13.8. The highest BCUT2D eigenvalue weighted by atomic mass is 32.2. The maximum atomic E-state index is 11.9. The number of ether oxygens (including phenoxy) is 1. The highest BCUT2D eigenvalue weighted by Gasteiger charge is 2.35. The first-order valence-corrected chi connectivity index (χ1v) is 9.97. The maximum Gasteiger partial charge on any atom is 0.407 e. The fourth-order valence-electron chi connectivity index (χ4n) is 3.16. The van der Waals surface area contributed by atoms with Crippen LogP contribution in [0.25, 0.3) is 10.2 Å². The van der Waals surface area contributed by atoms with Crippen LogP contribution >= 0.6 is 23.1 Å². The average Bonchev–Trinajstić information content (AvgIpc) is 3.17. The molecule has 0 bridgehead atoms. The van der Waals surface area contributed by atoms with Gasteiger partial charge in [-0.05, 0) is 36.6 Å². The molecule has 0 fully saturated rings. The Balaban J connectivity index is 1.61. The number of thioether (sulfide) groups is 1. The Morgan fingerprint density at radius 1 is 1.28 bits per heavy atom. The number of carbonyl (C=O) groups excluding carboxylic acids is 1. The number of aromatic nitrogens is 1. The van der Waals surface area contributed by atoms with Gasteiger partial charge in [0, 0.05) is 0 Å². The predicted octanol–water partition coefficient (Wildman–Crippen LogP) is 4.80. The van der Waals surface area contributed by atoms with Crippen LogP contribution in [0.2, 0.25) is 0 Å². The van der Waals surface area contributed by atoms with Crippen LogP contribution in [0.3, 0.4) is 0 Å². The van der Waals surface area contributed by atoms with Gasteiger partial charge in [-0.15, -0.1) is 11.3 Å². The van der Waals surface area contributed by atoms with E-state index in [0.29, 0.717) is 6.61 Å². The van der Waals surface area contributed by atoms with Gasteiger partial charge in [0.05, 0.1) is 28.1 Å². The minimum absolute atomic E-state index is 0.00784. The molecule has 1 N–H and O–H groups in total. The van der Waals surface area contributed by atoms with Crippen molar-refractivity contribution in [2.24, 2.45) is 0 Å². The third-order valence-electron chi connectivity index (χ3n) is 4.25. The first-order chi connectivity index (χ1) is 12.2. The molecule has 1 aliphatic rings. The Morgan fingerprint density at radius 2 is 2.08 bits per heavy atom. The van der Waals surface area contributed by atoms with E-state index in [1.807, 2.05) is 31.2 Å². The van der Waals surface area contributed by atoms with Crippen molar-refractivity contribution < 1.29 is 9.53 Å². The molecule has 2 aromatic carbocycles. The van der Waals surface area contributed by atoms with Crippen molar-refractivity contribution in [2.45, 2.75) is 29.0 Å². The molecule has 1 amide bonds. The number of nitrogens with one attached hydrogen (secondary N) is 1. The van der Waals surface area contributed by atoms with Crippen LogP contribution in [0, 0.1) is 0 Å². The molecule has 3 aromatic rings. The predicted molar refractivity (Wildman–Crippen MR) is 102 cm³/mol. The van der Waals surface area contributed by atoms with Crippen molar-refractivity contribution in [3.8, 4) is 0 Å². The molecule has 4 rings (SSSR count). The minimum Gasteiger partial charge on any atom is -0.450 e. The van der Waals surface area contributed by atoms with E-state index < -0.39 is 0 Å². The maximum absolute atomic E-state index is 11.9. The van der Waals surface area contributed by atoms with Gasteiger partial charge < -0.3 is 10.1 Å². The summed E-state index contributed by atoms with van der Waals surface area (Å²) in [6.45, 7) is 2.19. The zero-order chi connectivity index (χ0) is 17.2. The van der Waals surface area contributed by atoms with E-state index in [4.69, 9.17) is 9.72 Å². The molecule has 25 heavy (non-hydrogen) atoms. The number of fused-ring (bicyclic) bond motifs is 2. The Hall–Kier alpha value is -2.05. The number of benzene rings is 2. The van der Waals surface area contributed by atoms with Crippen LogP contribution in [-0.2, 0) is 11.2 Å². The number of alkyl carbamates (subject to hydrolysis) is 1. The van der Waals surface area contributed by atoms with Crippen LogP contribution in [0.5, 0.6) is 0 Å². The second kappa shape index (κ2) is 7.06. The molecular weight excluding hydrogens is 352 g/mol. The number of nitrogens with zero attached hydrogens (tertiary/aromatic N) is 1. The Bertz CT molecular complexity index is 876. The normalized spacial score (nSPS) is 18.9. The highest BCUT2D eigenvalue weighted by Crippen LogP contribution is 2.46. The second-order valence-electron chi connectivity index (χ2n) is 5.86. The van der Waals surface area contributed by atoms with Gasteiger partial charge in [-0.2, -0.15) is 0 Å². The van der Waals surface area contributed by atoms with Crippen LogP contribution in [0.15, 0.2) is 52.9 Å². The van der Waals surface area contributed by atoms with Gasteiger partial charge in [0.15, 0.2) is 4.34 Å². The first kappa shape index (κ1) is 16.4. The third-order valence-corrected chi connectivity index (χ3v) is 6.75. The standard InChI is InChI=1S/C19H18N2O2S2/c1-2-23-18(22)20-15-11-12-7-3-4-8-13(12)17(15)25-19-21-14-9-5-6-10-16(14)24-19/h3-10,15,17H,2,11H2,1H3,(H,20,22)/t15-,17-/m0/s1. The molecule has 1 aromatic heterocycles. The molecule has 0 saturated heterocycles. The van der Waals surface area contributed by atoms with Gasteiger partial charge in [-0.1, -0.05) is 48.2 Å². The summed E-state index contributed by atoms with van der Waals surface area (Å²) in [6.07, 6.45) is 0.465. The van der Waals surface area contributed by atoms with Crippen molar-refractivity contribution in [3.05, 3.63) is 59.7 Å². The largest absolute Gasteiger partial charge is 0.450 e. The number of carbonyl (C=O) groups is 1. The fraction of sp³-hybridized carbons (Fsp3) is 0.263. The molecule has 1 aliphatic carbocycles. The first-order valence-electron chi connectivity index (χ1n) is 8.28. The van der Waals surface area contributed by atoms with E-state index in [0.717, 1.165) is 16.3 Å². The highest BCUT2D eigenvalue weighted by molar-refractivity contribution is 8.01. The minimum atomic E-state index is -0.352. The van der Waals surface area contributed by atoms with Gasteiger partial charge >= 0.3 is 6.09 Å². The van der Waals surface area contributed by atoms with Gasteiger partial charge in [-0.25, -0.2) is 9.78 Å². The third kappa shape index (κ3) is 3.37. The zero-order valence-corrected chi connectivity index (χ0v) is 15.4. The summed E-state index contributed by atoms with van der Waals surface area (Å²) >= 11 is 3.42. The molecule has 0 unspecified atom stereocenters. The summed E-state index contributed by atoms with van der Waals surface area (Å²) in [5.74, 6) is 0. The number of rotatable bonds is 4. The molecule has 2 atom stereocenters. The van der Waals surface area contributed by atoms with Gasteiger partial charge in [-0.3, -0.25) is 0 Å². The Labute approximate surface area is 154 Å². The van der Waals surface area contributed by atoms with Crippen molar-refractivity contribution in [2.75, 3.05) is 6.61 Å². The van der Waals surface area contributed by atoms with Gasteiger partial charge in [0.25, 0.3) is 0 Å². The molecule has 0 aliphatic heterocycles. The van der Waals surface area contributed by atoms with E-state index in [2.05, 4.69) is 29.6 Å². The lowest BCUT2D eigenvalue weighted by atomic mass is 10.1. The van der Waals surface area contributed by atoms with Gasteiger partial charge in [0.2, 0.25) is 0 Å². The summed E-state index contributed by atoms with van der Waals surface area (Å²) in [5, 5.41) is 3.17.